The van der Waals surface area contributed by atoms with E-state index >= 15 is 0 Å². The Morgan fingerprint density at radius 3 is 2.50 bits per heavy atom. The van der Waals surface area contributed by atoms with Gasteiger partial charge >= 0.3 is 0 Å². The lowest BCUT2D eigenvalue weighted by molar-refractivity contribution is 0.482. The van der Waals surface area contributed by atoms with Gasteiger partial charge in [-0.1, -0.05) is 42.8 Å². The quantitative estimate of drug-likeness (QED) is 0.878. The molecule has 0 bridgehead atoms. The van der Waals surface area contributed by atoms with E-state index in [0.717, 1.165) is 22.8 Å². The van der Waals surface area contributed by atoms with Crippen LogP contribution in [0.5, 0.6) is 0 Å². The van der Waals surface area contributed by atoms with E-state index in [1.54, 1.807) is 12.1 Å². The number of halogens is 2. The van der Waals surface area contributed by atoms with Gasteiger partial charge in [0.2, 0.25) is 0 Å². The van der Waals surface area contributed by atoms with Gasteiger partial charge in [0, 0.05) is 5.56 Å². The van der Waals surface area contributed by atoms with Crippen molar-refractivity contribution in [2.45, 2.75) is 26.8 Å². The second-order valence-electron chi connectivity index (χ2n) is 4.99. The summed E-state index contributed by atoms with van der Waals surface area (Å²) in [4.78, 5) is 0. The number of rotatable bonds is 4. The minimum absolute atomic E-state index is 0.337. The third-order valence-electron chi connectivity index (χ3n) is 3.45. The maximum Gasteiger partial charge on any atom is 0.163 e. The van der Waals surface area contributed by atoms with E-state index in [-0.39, 0.29) is 6.04 Å². The fourth-order valence-electron chi connectivity index (χ4n) is 2.41. The van der Waals surface area contributed by atoms with Crippen LogP contribution >= 0.6 is 0 Å². The first-order valence-corrected chi connectivity index (χ1v) is 6.79. The van der Waals surface area contributed by atoms with Gasteiger partial charge in [-0.2, -0.15) is 0 Å². The van der Waals surface area contributed by atoms with Crippen molar-refractivity contribution in [3.63, 3.8) is 0 Å². The van der Waals surface area contributed by atoms with Gasteiger partial charge in [-0.05, 0) is 37.6 Å². The maximum absolute atomic E-state index is 14.1. The van der Waals surface area contributed by atoms with Crippen LogP contribution in [-0.2, 0) is 0 Å². The second kappa shape index (κ2) is 6.14. The Balaban J connectivity index is 2.56. The van der Waals surface area contributed by atoms with Crippen molar-refractivity contribution in [1.29, 1.82) is 0 Å². The maximum atomic E-state index is 14.1. The lowest BCUT2D eigenvalue weighted by Gasteiger charge is -2.22. The summed E-state index contributed by atoms with van der Waals surface area (Å²) in [7, 11) is 0. The Bertz CT molecular complexity index is 606. The average Bonchev–Trinajstić information content (AvgIpc) is 2.43. The largest absolute Gasteiger partial charge is 0.306 e. The highest BCUT2D eigenvalue weighted by Gasteiger charge is 2.20. The molecule has 0 amide bonds. The summed E-state index contributed by atoms with van der Waals surface area (Å²) in [5, 5.41) is 3.24. The minimum atomic E-state index is -0.810. The molecule has 0 aliphatic rings. The molecule has 0 aliphatic carbocycles. The van der Waals surface area contributed by atoms with E-state index in [2.05, 4.69) is 5.32 Å². The van der Waals surface area contributed by atoms with Gasteiger partial charge in [0.15, 0.2) is 11.6 Å². The molecule has 0 fully saturated rings. The number of nitrogens with one attached hydrogen (secondary N) is 1. The highest BCUT2D eigenvalue weighted by molar-refractivity contribution is 5.39. The van der Waals surface area contributed by atoms with Crippen molar-refractivity contribution in [3.05, 3.63) is 70.3 Å². The third kappa shape index (κ3) is 2.88. The molecule has 3 heteroatoms. The molecule has 2 rings (SSSR count). The van der Waals surface area contributed by atoms with Crippen molar-refractivity contribution in [2.24, 2.45) is 0 Å². The predicted molar refractivity (Wildman–Crippen MR) is 77.8 cm³/mol. The van der Waals surface area contributed by atoms with Crippen LogP contribution in [0.2, 0.25) is 0 Å². The number of aryl methyl sites for hydroxylation is 2. The lowest BCUT2D eigenvalue weighted by Crippen LogP contribution is -2.24. The Morgan fingerprint density at radius 2 is 1.80 bits per heavy atom. The normalized spacial score (nSPS) is 12.4. The molecule has 2 aromatic rings. The summed E-state index contributed by atoms with van der Waals surface area (Å²) in [6.07, 6.45) is 0. The van der Waals surface area contributed by atoms with Crippen LogP contribution in [0.1, 0.15) is 35.2 Å². The van der Waals surface area contributed by atoms with Crippen molar-refractivity contribution in [2.75, 3.05) is 6.54 Å². The fraction of sp³-hybridized carbons (Fsp3) is 0.294. The van der Waals surface area contributed by atoms with Crippen molar-refractivity contribution >= 4 is 0 Å². The van der Waals surface area contributed by atoms with Gasteiger partial charge in [0.05, 0.1) is 6.04 Å². The van der Waals surface area contributed by atoms with Crippen LogP contribution in [0.3, 0.4) is 0 Å². The van der Waals surface area contributed by atoms with Gasteiger partial charge in [0.25, 0.3) is 0 Å². The second-order valence-corrected chi connectivity index (χ2v) is 4.99. The van der Waals surface area contributed by atoms with E-state index < -0.39 is 11.6 Å². The Labute approximate surface area is 118 Å². The molecule has 0 saturated heterocycles. The third-order valence-corrected chi connectivity index (χ3v) is 3.45. The monoisotopic (exact) mass is 275 g/mol. The van der Waals surface area contributed by atoms with Gasteiger partial charge in [-0.3, -0.25) is 0 Å². The first kappa shape index (κ1) is 14.7. The molecule has 0 heterocycles. The Hall–Kier alpha value is -1.74. The molecule has 20 heavy (non-hydrogen) atoms. The van der Waals surface area contributed by atoms with Crippen LogP contribution in [0.4, 0.5) is 8.78 Å². The molecule has 1 atom stereocenters. The topological polar surface area (TPSA) is 12.0 Å². The molecular formula is C17H19F2N. The Kier molecular flexibility index (Phi) is 4.50. The molecule has 1 nitrogen and oxygen atoms in total. The van der Waals surface area contributed by atoms with Crippen molar-refractivity contribution < 1.29 is 8.78 Å². The average molecular weight is 275 g/mol. The first-order valence-electron chi connectivity index (χ1n) is 6.79. The molecule has 106 valence electrons. The van der Waals surface area contributed by atoms with Crippen LogP contribution in [-0.4, -0.2) is 6.54 Å². The van der Waals surface area contributed by atoms with Crippen molar-refractivity contribution in [1.82, 2.24) is 5.32 Å². The molecule has 0 aliphatic heterocycles. The number of hydrogen-bond donors (Lipinski definition) is 1. The first-order chi connectivity index (χ1) is 9.54. The van der Waals surface area contributed by atoms with Crippen molar-refractivity contribution in [3.8, 4) is 0 Å². The molecule has 0 aromatic heterocycles. The minimum Gasteiger partial charge on any atom is -0.306 e. The van der Waals surface area contributed by atoms with Gasteiger partial charge in [-0.25, -0.2) is 8.78 Å². The zero-order valence-electron chi connectivity index (χ0n) is 12.0. The zero-order chi connectivity index (χ0) is 14.7. The van der Waals surface area contributed by atoms with Crippen LogP contribution in [0, 0.1) is 25.5 Å². The highest BCUT2D eigenvalue weighted by atomic mass is 19.2. The lowest BCUT2D eigenvalue weighted by atomic mass is 9.93. The van der Waals surface area contributed by atoms with E-state index in [0.29, 0.717) is 12.1 Å². The van der Waals surface area contributed by atoms with Crippen LogP contribution in [0.25, 0.3) is 0 Å². The summed E-state index contributed by atoms with van der Waals surface area (Å²) in [6.45, 7) is 6.60. The number of hydrogen-bond acceptors (Lipinski definition) is 1. The molecule has 0 spiro atoms. The van der Waals surface area contributed by atoms with E-state index in [1.165, 1.54) is 0 Å². The van der Waals surface area contributed by atoms with E-state index in [1.807, 2.05) is 39.0 Å². The summed E-state index contributed by atoms with van der Waals surface area (Å²) in [5.74, 6) is -1.59. The molecule has 0 saturated carbocycles. The smallest absolute Gasteiger partial charge is 0.163 e. The highest BCUT2D eigenvalue weighted by Crippen LogP contribution is 2.28. The summed E-state index contributed by atoms with van der Waals surface area (Å²) >= 11 is 0. The van der Waals surface area contributed by atoms with Gasteiger partial charge in [0.1, 0.15) is 0 Å². The van der Waals surface area contributed by atoms with Gasteiger partial charge < -0.3 is 5.32 Å². The molecular weight excluding hydrogens is 256 g/mol. The zero-order valence-corrected chi connectivity index (χ0v) is 12.0. The summed E-state index contributed by atoms with van der Waals surface area (Å²) in [5.41, 5.74) is 3.49. The Morgan fingerprint density at radius 1 is 1.05 bits per heavy atom. The molecule has 2 aromatic carbocycles. The SMILES string of the molecule is CCNC(c1cc(C)ccc1C)c1cccc(F)c1F. The standard InChI is InChI=1S/C17H19F2N/c1-4-20-17(13-6-5-7-15(18)16(13)19)14-10-11(2)8-9-12(14)3/h5-10,17,20H,4H2,1-3H3. The van der Waals surface area contributed by atoms with Crippen LogP contribution < -0.4 is 5.32 Å². The molecule has 1 N–H and O–H groups in total. The van der Waals surface area contributed by atoms with Gasteiger partial charge in [-0.15, -0.1) is 0 Å². The summed E-state index contributed by atoms with van der Waals surface area (Å²) < 4.78 is 27.6. The molecule has 1 unspecified atom stereocenters. The molecule has 0 radical (unpaired) electrons. The predicted octanol–water partition coefficient (Wildman–Crippen LogP) is 4.28. The number of benzene rings is 2. The van der Waals surface area contributed by atoms with E-state index in [9.17, 15) is 8.78 Å². The van der Waals surface area contributed by atoms with Crippen LogP contribution in [0.15, 0.2) is 36.4 Å². The van der Waals surface area contributed by atoms with E-state index in [4.69, 9.17) is 0 Å². The fourth-order valence-corrected chi connectivity index (χ4v) is 2.41. The summed E-state index contributed by atoms with van der Waals surface area (Å²) in [6, 6.07) is 10.0.